The first-order valence-electron chi connectivity index (χ1n) is 8.92. The number of carbonyl (C=O) groups is 1. The summed E-state index contributed by atoms with van der Waals surface area (Å²) >= 11 is 1.65. The first kappa shape index (κ1) is 15.8. The van der Waals surface area contributed by atoms with E-state index in [2.05, 4.69) is 32.6 Å². The molecular weight excluding hydrogens is 277 g/mol. The van der Waals surface area contributed by atoms with Crippen LogP contribution in [0.4, 0.5) is 4.79 Å². The molecule has 3 heterocycles. The zero-order valence-corrected chi connectivity index (χ0v) is 14.9. The monoisotopic (exact) mass is 307 g/mol. The van der Waals surface area contributed by atoms with Gasteiger partial charge in [0.25, 0.3) is 5.24 Å². The molecule has 4 heteroatoms. The summed E-state index contributed by atoms with van der Waals surface area (Å²) in [6.45, 7) is 9.18. The number of fused-ring (bicyclic) bond motifs is 3. The standard InChI is InChI=1S/C17H30BNOS/c1-11(2)17-8-6-5-7-14-15(9-13(10-17)18-17)21-16(20)19(14)12(3)4/h11-15,18H,5-10H2,1-4H3. The molecule has 118 valence electrons. The number of carbonyl (C=O) groups excluding carboxylic acids is 1. The first-order chi connectivity index (χ1) is 9.93. The fourth-order valence-corrected chi connectivity index (χ4v) is 6.61. The molecule has 4 atom stereocenters. The molecular formula is C17H30BNOS. The molecule has 2 bridgehead atoms. The Bertz CT molecular complexity index is 406. The molecule has 4 rings (SSSR count). The predicted molar refractivity (Wildman–Crippen MR) is 93.7 cm³/mol. The van der Waals surface area contributed by atoms with Crippen LogP contribution in [0, 0.1) is 5.92 Å². The summed E-state index contributed by atoms with van der Waals surface area (Å²) in [6.07, 6.45) is 8.00. The van der Waals surface area contributed by atoms with Crippen molar-refractivity contribution in [3.63, 3.8) is 0 Å². The fourth-order valence-electron chi connectivity index (χ4n) is 5.09. The molecule has 4 unspecified atom stereocenters. The summed E-state index contributed by atoms with van der Waals surface area (Å²) in [4.78, 5) is 14.5. The second-order valence-corrected chi connectivity index (χ2v) is 9.45. The van der Waals surface area contributed by atoms with Crippen molar-refractivity contribution in [1.29, 1.82) is 0 Å². The van der Waals surface area contributed by atoms with Gasteiger partial charge >= 0.3 is 0 Å². The molecule has 0 radical (unpaired) electrons. The van der Waals surface area contributed by atoms with Crippen LogP contribution in [0.2, 0.25) is 11.1 Å². The van der Waals surface area contributed by atoms with Crippen LogP contribution in [0.15, 0.2) is 0 Å². The molecule has 21 heavy (non-hydrogen) atoms. The van der Waals surface area contributed by atoms with Crippen LogP contribution in [0.1, 0.15) is 66.2 Å². The summed E-state index contributed by atoms with van der Waals surface area (Å²) in [5.41, 5.74) is 0. The van der Waals surface area contributed by atoms with Gasteiger partial charge in [0, 0.05) is 17.3 Å². The number of nitrogens with zero attached hydrogens (tertiary/aromatic N) is 1. The van der Waals surface area contributed by atoms with Crippen LogP contribution in [0.25, 0.3) is 0 Å². The maximum absolute atomic E-state index is 12.4. The maximum Gasteiger partial charge on any atom is 0.282 e. The van der Waals surface area contributed by atoms with Gasteiger partial charge in [0.05, 0.1) is 0 Å². The van der Waals surface area contributed by atoms with E-state index in [1.54, 1.807) is 11.8 Å². The Kier molecular flexibility index (Phi) is 4.38. The third kappa shape index (κ3) is 2.77. The van der Waals surface area contributed by atoms with Crippen molar-refractivity contribution in [2.45, 2.75) is 94.7 Å². The fraction of sp³-hybridized carbons (Fsp3) is 0.941. The lowest BCUT2D eigenvalue weighted by Crippen LogP contribution is -2.45. The minimum absolute atomic E-state index is 0.341. The molecule has 1 aliphatic carbocycles. The molecule has 0 spiro atoms. The highest BCUT2D eigenvalue weighted by molar-refractivity contribution is 8.14. The highest BCUT2D eigenvalue weighted by Gasteiger charge is 2.50. The van der Waals surface area contributed by atoms with E-state index in [1.807, 2.05) is 0 Å². The molecule has 2 nitrogen and oxygen atoms in total. The van der Waals surface area contributed by atoms with Crippen molar-refractivity contribution < 1.29 is 4.79 Å². The summed E-state index contributed by atoms with van der Waals surface area (Å²) in [5.74, 6) is 1.71. The van der Waals surface area contributed by atoms with Crippen molar-refractivity contribution in [2.75, 3.05) is 0 Å². The van der Waals surface area contributed by atoms with Gasteiger partial charge in [-0.2, -0.15) is 0 Å². The molecule has 4 aliphatic rings. The molecule has 3 saturated heterocycles. The average molecular weight is 307 g/mol. The van der Waals surface area contributed by atoms with Gasteiger partial charge in [-0.05, 0) is 32.6 Å². The van der Waals surface area contributed by atoms with Crippen LogP contribution in [-0.4, -0.2) is 34.8 Å². The van der Waals surface area contributed by atoms with Crippen LogP contribution in [0.3, 0.4) is 0 Å². The van der Waals surface area contributed by atoms with E-state index in [0.717, 1.165) is 11.7 Å². The van der Waals surface area contributed by atoms with Crippen LogP contribution >= 0.6 is 11.8 Å². The van der Waals surface area contributed by atoms with Gasteiger partial charge in [-0.3, -0.25) is 4.79 Å². The topological polar surface area (TPSA) is 20.3 Å². The minimum Gasteiger partial charge on any atom is -0.327 e. The second-order valence-electron chi connectivity index (χ2n) is 8.26. The van der Waals surface area contributed by atoms with Gasteiger partial charge in [-0.15, -0.1) is 0 Å². The summed E-state index contributed by atoms with van der Waals surface area (Å²) < 4.78 is 0. The Labute approximate surface area is 135 Å². The minimum atomic E-state index is 0.341. The van der Waals surface area contributed by atoms with E-state index in [9.17, 15) is 4.79 Å². The molecule has 4 fully saturated rings. The second kappa shape index (κ2) is 5.83. The SMILES string of the molecule is CC(C)N1C(=O)SC2CC3BC(C(C)C)(CCCCC21)C3. The lowest BCUT2D eigenvalue weighted by molar-refractivity contribution is 0.170. The first-order valence-corrected chi connectivity index (χ1v) is 9.80. The quantitative estimate of drug-likeness (QED) is 0.689. The summed E-state index contributed by atoms with van der Waals surface area (Å²) in [6, 6.07) is 0.869. The maximum atomic E-state index is 12.4. The number of thioether (sulfide) groups is 1. The molecule has 0 aromatic rings. The number of amides is 1. The Hall–Kier alpha value is -0.115. The Morgan fingerprint density at radius 2 is 2.00 bits per heavy atom. The Balaban J connectivity index is 1.73. The van der Waals surface area contributed by atoms with Crippen molar-refractivity contribution in [3.8, 4) is 0 Å². The van der Waals surface area contributed by atoms with Crippen LogP contribution in [0.5, 0.6) is 0 Å². The highest BCUT2D eigenvalue weighted by Crippen LogP contribution is 2.60. The van der Waals surface area contributed by atoms with Gasteiger partial charge in [0.15, 0.2) is 0 Å². The number of hydrogen-bond acceptors (Lipinski definition) is 2. The van der Waals surface area contributed by atoms with E-state index >= 15 is 0 Å². The smallest absolute Gasteiger partial charge is 0.282 e. The van der Waals surface area contributed by atoms with E-state index in [4.69, 9.17) is 0 Å². The van der Waals surface area contributed by atoms with E-state index in [1.165, 1.54) is 45.8 Å². The van der Waals surface area contributed by atoms with Gasteiger partial charge in [-0.25, -0.2) is 0 Å². The molecule has 0 N–H and O–H groups in total. The molecule has 0 aromatic heterocycles. The lowest BCUT2D eigenvalue weighted by atomic mass is 9.27. The summed E-state index contributed by atoms with van der Waals surface area (Å²) in [5, 5.41) is 1.55. The Morgan fingerprint density at radius 3 is 2.62 bits per heavy atom. The average Bonchev–Trinajstić information content (AvgIpc) is 2.67. The number of rotatable bonds is 2. The van der Waals surface area contributed by atoms with Crippen molar-refractivity contribution in [2.24, 2.45) is 5.92 Å². The third-order valence-electron chi connectivity index (χ3n) is 6.41. The summed E-state index contributed by atoms with van der Waals surface area (Å²) in [7, 11) is 1.42. The van der Waals surface area contributed by atoms with Gasteiger partial charge < -0.3 is 4.90 Å². The van der Waals surface area contributed by atoms with E-state index in [0.29, 0.717) is 27.9 Å². The van der Waals surface area contributed by atoms with Gasteiger partial charge in [0.1, 0.15) is 7.28 Å². The van der Waals surface area contributed by atoms with Gasteiger partial charge in [-0.1, -0.05) is 62.4 Å². The van der Waals surface area contributed by atoms with E-state index < -0.39 is 0 Å². The third-order valence-corrected chi connectivity index (χ3v) is 7.63. The lowest BCUT2D eigenvalue weighted by Gasteiger charge is -2.52. The normalized spacial score (nSPS) is 40.0. The largest absolute Gasteiger partial charge is 0.327 e. The zero-order valence-electron chi connectivity index (χ0n) is 14.1. The van der Waals surface area contributed by atoms with Crippen molar-refractivity contribution >= 4 is 24.3 Å². The zero-order chi connectivity index (χ0) is 15.2. The van der Waals surface area contributed by atoms with Crippen LogP contribution in [-0.2, 0) is 0 Å². The van der Waals surface area contributed by atoms with Crippen molar-refractivity contribution in [1.82, 2.24) is 4.90 Å². The van der Waals surface area contributed by atoms with E-state index in [-0.39, 0.29) is 0 Å². The van der Waals surface area contributed by atoms with Crippen LogP contribution < -0.4 is 0 Å². The number of hydrogen-bond donors (Lipinski definition) is 0. The highest BCUT2D eigenvalue weighted by atomic mass is 32.2. The Morgan fingerprint density at radius 1 is 1.29 bits per heavy atom. The molecule has 1 saturated carbocycles. The van der Waals surface area contributed by atoms with Crippen molar-refractivity contribution in [3.05, 3.63) is 0 Å². The molecule has 1 amide bonds. The predicted octanol–water partition coefficient (Wildman–Crippen LogP) is 4.71. The molecule has 3 aliphatic heterocycles. The molecule has 0 aromatic carbocycles. The van der Waals surface area contributed by atoms with Gasteiger partial charge in [0.2, 0.25) is 0 Å².